The molecule has 11 nitrogen and oxygen atoms in total. The highest BCUT2D eigenvalue weighted by molar-refractivity contribution is 7.89. The average molecular weight is 659 g/mol. The molecule has 2 saturated heterocycles. The molecule has 2 N–H and O–H groups in total. The molecule has 252 valence electrons. The molecule has 0 saturated carbocycles. The molecule has 6 atom stereocenters. The third-order valence-electron chi connectivity index (χ3n) is 8.71. The number of nitrogens with one attached hydrogen (secondary N) is 1. The number of methoxy groups -OCH3 is 1. The van der Waals surface area contributed by atoms with E-state index in [0.717, 1.165) is 31.2 Å². The summed E-state index contributed by atoms with van der Waals surface area (Å²) in [5.74, 6) is 0.597. The Kier molecular flexibility index (Phi) is 12.0. The Morgan fingerprint density at radius 2 is 1.93 bits per heavy atom. The van der Waals surface area contributed by atoms with Crippen molar-refractivity contribution < 1.29 is 42.0 Å². The van der Waals surface area contributed by atoms with Gasteiger partial charge in [-0.15, -0.1) is 0 Å². The molecular formula is C34H46N2O9S. The number of ether oxygens (including phenoxy) is 5. The topological polar surface area (TPSA) is 133 Å². The molecule has 1 amide bonds. The van der Waals surface area contributed by atoms with Crippen LogP contribution in [0.2, 0.25) is 0 Å². The fraction of sp³-hybridized carbons (Fsp3) is 0.559. The van der Waals surface area contributed by atoms with Gasteiger partial charge in [-0.25, -0.2) is 13.2 Å². The number of aliphatic hydroxyl groups excluding tert-OH is 1. The molecule has 3 heterocycles. The number of carbonyl (C=O) groups is 1. The predicted octanol–water partition coefficient (Wildman–Crippen LogP) is 4.29. The number of β-amino-alcohol motifs (C(OH)–C–C–N with tert-alkyl or cyclic N) is 1. The number of hydrogen-bond acceptors (Lipinski definition) is 9. The summed E-state index contributed by atoms with van der Waals surface area (Å²) in [7, 11) is -2.64. The maximum Gasteiger partial charge on any atom is 0.407 e. The van der Waals surface area contributed by atoms with Gasteiger partial charge in [-0.1, -0.05) is 49.4 Å². The minimum absolute atomic E-state index is 0.00171. The van der Waals surface area contributed by atoms with Crippen LogP contribution in [0, 0.1) is 11.8 Å². The number of amides is 1. The number of nitrogens with zero attached hydrogens (tertiary/aromatic N) is 1. The summed E-state index contributed by atoms with van der Waals surface area (Å²) in [6.07, 6.45) is 5.67. The van der Waals surface area contributed by atoms with Crippen molar-refractivity contribution in [3.05, 3.63) is 66.2 Å². The molecule has 0 bridgehead atoms. The van der Waals surface area contributed by atoms with Crippen LogP contribution in [0.3, 0.4) is 0 Å². The smallest absolute Gasteiger partial charge is 0.407 e. The fourth-order valence-electron chi connectivity index (χ4n) is 6.12. The summed E-state index contributed by atoms with van der Waals surface area (Å²) in [6, 6.07) is 13.2. The summed E-state index contributed by atoms with van der Waals surface area (Å²) in [4.78, 5) is 13.2. The monoisotopic (exact) mass is 658 g/mol. The molecule has 2 aromatic rings. The van der Waals surface area contributed by atoms with Crippen LogP contribution >= 0.6 is 0 Å². The van der Waals surface area contributed by atoms with Gasteiger partial charge in [0.1, 0.15) is 22.5 Å². The van der Waals surface area contributed by atoms with Gasteiger partial charge in [-0.2, -0.15) is 4.31 Å². The Morgan fingerprint density at radius 3 is 2.74 bits per heavy atom. The van der Waals surface area contributed by atoms with E-state index < -0.39 is 34.4 Å². The van der Waals surface area contributed by atoms with Crippen molar-refractivity contribution >= 4 is 16.1 Å². The first-order valence-corrected chi connectivity index (χ1v) is 17.6. The summed E-state index contributed by atoms with van der Waals surface area (Å²) >= 11 is 0. The molecule has 2 fully saturated rings. The first-order valence-electron chi connectivity index (χ1n) is 16.1. The third kappa shape index (κ3) is 8.80. The normalized spacial score (nSPS) is 27.2. The van der Waals surface area contributed by atoms with Gasteiger partial charge in [0.05, 0.1) is 45.0 Å². The zero-order valence-corrected chi connectivity index (χ0v) is 27.4. The van der Waals surface area contributed by atoms with E-state index in [4.69, 9.17) is 23.7 Å². The molecule has 0 spiro atoms. The van der Waals surface area contributed by atoms with E-state index in [1.54, 1.807) is 12.1 Å². The van der Waals surface area contributed by atoms with E-state index in [0.29, 0.717) is 25.4 Å². The highest BCUT2D eigenvalue weighted by atomic mass is 32.2. The van der Waals surface area contributed by atoms with Crippen molar-refractivity contribution in [2.75, 3.05) is 40.0 Å². The fourth-order valence-corrected chi connectivity index (χ4v) is 7.81. The lowest BCUT2D eigenvalue weighted by atomic mass is 10.0. The molecule has 12 heteroatoms. The van der Waals surface area contributed by atoms with E-state index in [-0.39, 0.29) is 54.9 Å². The quantitative estimate of drug-likeness (QED) is 0.399. The second-order valence-electron chi connectivity index (χ2n) is 12.3. The Balaban J connectivity index is 1.40. The van der Waals surface area contributed by atoms with E-state index in [2.05, 4.69) is 17.5 Å². The minimum atomic E-state index is -4.15. The van der Waals surface area contributed by atoms with Crippen LogP contribution in [0.25, 0.3) is 0 Å². The van der Waals surface area contributed by atoms with Crippen LogP contribution in [-0.2, 0) is 30.7 Å². The molecule has 0 radical (unpaired) electrons. The number of sulfonamides is 1. The van der Waals surface area contributed by atoms with Crippen molar-refractivity contribution in [3.63, 3.8) is 0 Å². The lowest BCUT2D eigenvalue weighted by Crippen LogP contribution is -2.51. The summed E-state index contributed by atoms with van der Waals surface area (Å²) in [5, 5.41) is 14.6. The lowest BCUT2D eigenvalue weighted by Gasteiger charge is -2.31. The van der Waals surface area contributed by atoms with E-state index in [9.17, 15) is 18.3 Å². The summed E-state index contributed by atoms with van der Waals surface area (Å²) in [5.41, 5.74) is 0.869. The molecule has 2 aromatic carbocycles. The SMILES string of the molecule is COc1ccc2c(c1)OCCCC/C=C\C[C@@H](C)CN(C[C@@H](O)[C@H](Cc1ccccc1)NC(=O)O[C@@H]1CO[C@H]3OCC[C@H]31)S2(=O)=O. The van der Waals surface area contributed by atoms with Gasteiger partial charge in [0, 0.05) is 19.2 Å². The number of hydrogen-bond donors (Lipinski definition) is 2. The van der Waals surface area contributed by atoms with Gasteiger partial charge in [-0.3, -0.25) is 0 Å². The third-order valence-corrected chi connectivity index (χ3v) is 10.6. The van der Waals surface area contributed by atoms with Crippen molar-refractivity contribution in [2.45, 2.75) is 74.9 Å². The summed E-state index contributed by atoms with van der Waals surface area (Å²) < 4.78 is 58.3. The zero-order chi connectivity index (χ0) is 32.5. The number of alkyl carbamates (subject to hydrolysis) is 1. The van der Waals surface area contributed by atoms with Gasteiger partial charge in [0.25, 0.3) is 0 Å². The number of fused-ring (bicyclic) bond motifs is 2. The van der Waals surface area contributed by atoms with Gasteiger partial charge < -0.3 is 34.1 Å². The standard InChI is InChI=1S/C34H46N2O9S/c1-24-11-7-4-3-5-10-17-42-30-20-26(41-2)14-15-32(30)46(39,40)36(21-24)22-29(37)28(19-25-12-8-6-9-13-25)35-34(38)45-31-23-44-33-27(31)16-18-43-33/h4,6-9,12-15,20,24,27-29,31,33,37H,3,5,10-11,16-19,21-23H2,1-2H3,(H,35,38)/b7-4-/t24-,27+,28+,29-,31-,33-/m1/s1. The van der Waals surface area contributed by atoms with Gasteiger partial charge in [0.15, 0.2) is 6.29 Å². The van der Waals surface area contributed by atoms with Crippen molar-refractivity contribution in [3.8, 4) is 11.5 Å². The molecule has 3 aliphatic rings. The highest BCUT2D eigenvalue weighted by Crippen LogP contribution is 2.34. The van der Waals surface area contributed by atoms with Crippen LogP contribution in [0.5, 0.6) is 11.5 Å². The zero-order valence-electron chi connectivity index (χ0n) is 26.6. The molecule has 0 aromatic heterocycles. The molecule has 5 rings (SSSR count). The van der Waals surface area contributed by atoms with Crippen LogP contribution in [0.4, 0.5) is 4.79 Å². The summed E-state index contributed by atoms with van der Waals surface area (Å²) in [6.45, 7) is 3.01. The Morgan fingerprint density at radius 1 is 1.11 bits per heavy atom. The number of carbonyl (C=O) groups excluding carboxylic acids is 1. The highest BCUT2D eigenvalue weighted by Gasteiger charge is 2.44. The molecular weight excluding hydrogens is 612 g/mol. The van der Waals surface area contributed by atoms with Gasteiger partial charge in [-0.05, 0) is 62.1 Å². The van der Waals surface area contributed by atoms with Crippen molar-refractivity contribution in [1.29, 1.82) is 0 Å². The number of benzene rings is 2. The molecule has 3 aliphatic heterocycles. The van der Waals surface area contributed by atoms with E-state index in [1.165, 1.54) is 17.5 Å². The Labute approximate surface area is 271 Å². The first-order chi connectivity index (χ1) is 22.2. The van der Waals surface area contributed by atoms with Crippen LogP contribution in [-0.4, -0.2) is 88.5 Å². The largest absolute Gasteiger partial charge is 0.497 e. The first kappa shape index (κ1) is 34.2. The predicted molar refractivity (Wildman–Crippen MR) is 171 cm³/mol. The van der Waals surface area contributed by atoms with Crippen molar-refractivity contribution in [2.24, 2.45) is 11.8 Å². The maximum absolute atomic E-state index is 14.4. The van der Waals surface area contributed by atoms with E-state index in [1.807, 2.05) is 37.3 Å². The second-order valence-corrected chi connectivity index (χ2v) is 14.2. The van der Waals surface area contributed by atoms with Crippen LogP contribution in [0.15, 0.2) is 65.6 Å². The lowest BCUT2D eigenvalue weighted by molar-refractivity contribution is -0.0907. The minimum Gasteiger partial charge on any atom is -0.497 e. The second kappa shape index (κ2) is 16.1. The van der Waals surface area contributed by atoms with E-state index >= 15 is 0 Å². The maximum atomic E-state index is 14.4. The molecule has 46 heavy (non-hydrogen) atoms. The molecule has 0 aliphatic carbocycles. The number of aliphatic hydroxyl groups is 1. The number of rotatable bonds is 8. The van der Waals surface area contributed by atoms with Gasteiger partial charge >= 0.3 is 6.09 Å². The van der Waals surface area contributed by atoms with Crippen LogP contribution < -0.4 is 14.8 Å². The number of allylic oxidation sites excluding steroid dienone is 2. The average Bonchev–Trinajstić information content (AvgIpc) is 3.67. The molecule has 0 unspecified atom stereocenters. The van der Waals surface area contributed by atoms with Crippen molar-refractivity contribution in [1.82, 2.24) is 9.62 Å². The van der Waals surface area contributed by atoms with Crippen LogP contribution in [0.1, 0.15) is 44.6 Å². The Hall–Kier alpha value is -3.16. The Bertz CT molecular complexity index is 1420. The van der Waals surface area contributed by atoms with Gasteiger partial charge in [0.2, 0.25) is 10.0 Å².